The standard InChI is InChI=1S/C22H20ClN3O3S/c1-12-18(13-5-10-16(28-3)17(11-13)29-4)19-20(24-22(23)25-21(19)30-12)26(2)14-6-8-15(27)9-7-14/h5-11,27H,1-4H3. The lowest BCUT2D eigenvalue weighted by Gasteiger charge is -2.20. The number of rotatable bonds is 5. The lowest BCUT2D eigenvalue weighted by atomic mass is 10.0. The van der Waals surface area contributed by atoms with E-state index in [1.165, 1.54) is 0 Å². The van der Waals surface area contributed by atoms with Crippen LogP contribution in [0, 0.1) is 6.92 Å². The summed E-state index contributed by atoms with van der Waals surface area (Å²) >= 11 is 7.82. The van der Waals surface area contributed by atoms with E-state index in [0.29, 0.717) is 17.3 Å². The highest BCUT2D eigenvalue weighted by Crippen LogP contribution is 2.45. The summed E-state index contributed by atoms with van der Waals surface area (Å²) in [6.45, 7) is 2.05. The van der Waals surface area contributed by atoms with Gasteiger partial charge in [0.1, 0.15) is 16.4 Å². The van der Waals surface area contributed by atoms with E-state index in [9.17, 15) is 5.11 Å². The second-order valence-electron chi connectivity index (χ2n) is 6.67. The maximum atomic E-state index is 9.63. The van der Waals surface area contributed by atoms with Crippen LogP contribution in [0.4, 0.5) is 11.5 Å². The van der Waals surface area contributed by atoms with Crippen molar-refractivity contribution in [3.63, 3.8) is 0 Å². The molecule has 0 saturated carbocycles. The first-order valence-corrected chi connectivity index (χ1v) is 10.3. The topological polar surface area (TPSA) is 67.7 Å². The van der Waals surface area contributed by atoms with Crippen LogP contribution < -0.4 is 14.4 Å². The van der Waals surface area contributed by atoms with E-state index in [2.05, 4.69) is 16.9 Å². The summed E-state index contributed by atoms with van der Waals surface area (Å²) in [7, 11) is 5.15. The van der Waals surface area contributed by atoms with Crippen LogP contribution in [0.5, 0.6) is 17.2 Å². The molecule has 2 aromatic carbocycles. The Morgan fingerprint density at radius 3 is 2.37 bits per heavy atom. The quantitative estimate of drug-likeness (QED) is 0.394. The number of hydrogen-bond donors (Lipinski definition) is 1. The molecule has 0 aliphatic carbocycles. The summed E-state index contributed by atoms with van der Waals surface area (Å²) in [6, 6.07) is 12.8. The van der Waals surface area contributed by atoms with Gasteiger partial charge in [-0.2, -0.15) is 4.98 Å². The Balaban J connectivity index is 1.96. The number of hydrogen-bond acceptors (Lipinski definition) is 7. The normalized spacial score (nSPS) is 11.0. The molecule has 0 bridgehead atoms. The Bertz CT molecular complexity index is 1220. The molecule has 154 valence electrons. The summed E-state index contributed by atoms with van der Waals surface area (Å²) in [5.41, 5.74) is 2.86. The van der Waals surface area contributed by atoms with Crippen LogP contribution in [0.15, 0.2) is 42.5 Å². The van der Waals surface area contributed by atoms with Gasteiger partial charge in [-0.1, -0.05) is 6.07 Å². The molecule has 6 nitrogen and oxygen atoms in total. The molecule has 1 N–H and O–H groups in total. The first-order chi connectivity index (χ1) is 14.4. The van der Waals surface area contributed by atoms with Crippen molar-refractivity contribution in [2.24, 2.45) is 0 Å². The third-order valence-electron chi connectivity index (χ3n) is 4.91. The van der Waals surface area contributed by atoms with Crippen molar-refractivity contribution in [1.29, 1.82) is 0 Å². The molecule has 0 aliphatic rings. The highest BCUT2D eigenvalue weighted by molar-refractivity contribution is 7.19. The zero-order valence-electron chi connectivity index (χ0n) is 16.9. The van der Waals surface area contributed by atoms with Crippen LogP contribution in [0.2, 0.25) is 5.28 Å². The van der Waals surface area contributed by atoms with E-state index in [1.807, 2.05) is 42.3 Å². The number of ether oxygens (including phenoxy) is 2. The number of phenols is 1. The zero-order chi connectivity index (χ0) is 21.4. The molecule has 0 radical (unpaired) electrons. The fourth-order valence-corrected chi connectivity index (χ4v) is 4.70. The van der Waals surface area contributed by atoms with E-state index >= 15 is 0 Å². The first-order valence-electron chi connectivity index (χ1n) is 9.14. The summed E-state index contributed by atoms with van der Waals surface area (Å²) in [6.07, 6.45) is 0. The maximum Gasteiger partial charge on any atom is 0.225 e. The molecule has 0 saturated heterocycles. The number of fused-ring (bicyclic) bond motifs is 1. The fraction of sp³-hybridized carbons (Fsp3) is 0.182. The largest absolute Gasteiger partial charge is 0.508 e. The van der Waals surface area contributed by atoms with Crippen molar-refractivity contribution in [2.45, 2.75) is 6.92 Å². The van der Waals surface area contributed by atoms with Crippen molar-refractivity contribution < 1.29 is 14.6 Å². The lowest BCUT2D eigenvalue weighted by Crippen LogP contribution is -2.12. The van der Waals surface area contributed by atoms with Crippen LogP contribution in [-0.4, -0.2) is 36.3 Å². The molecule has 2 heterocycles. The molecule has 0 unspecified atom stereocenters. The second kappa shape index (κ2) is 8.01. The van der Waals surface area contributed by atoms with Gasteiger partial charge in [0, 0.05) is 23.2 Å². The van der Waals surface area contributed by atoms with Gasteiger partial charge in [-0.25, -0.2) is 4.98 Å². The highest BCUT2D eigenvalue weighted by atomic mass is 35.5. The predicted octanol–water partition coefficient (Wildman–Crippen LogP) is 5.81. The van der Waals surface area contributed by atoms with Crippen molar-refractivity contribution in [3.05, 3.63) is 52.6 Å². The number of aromatic hydroxyl groups is 1. The van der Waals surface area contributed by atoms with Crippen molar-refractivity contribution in [1.82, 2.24) is 9.97 Å². The van der Waals surface area contributed by atoms with Gasteiger partial charge in [0.25, 0.3) is 0 Å². The van der Waals surface area contributed by atoms with Gasteiger partial charge in [-0.3, -0.25) is 0 Å². The lowest BCUT2D eigenvalue weighted by molar-refractivity contribution is 0.355. The van der Waals surface area contributed by atoms with Gasteiger partial charge in [-0.15, -0.1) is 11.3 Å². The molecule has 2 aromatic heterocycles. The van der Waals surface area contributed by atoms with Crippen molar-refractivity contribution in [2.75, 3.05) is 26.2 Å². The Hall–Kier alpha value is -3.03. The van der Waals surface area contributed by atoms with E-state index in [4.69, 9.17) is 21.1 Å². The van der Waals surface area contributed by atoms with E-state index in [-0.39, 0.29) is 11.0 Å². The van der Waals surface area contributed by atoms with Gasteiger partial charge in [-0.05, 0) is 60.5 Å². The molecule has 30 heavy (non-hydrogen) atoms. The van der Waals surface area contributed by atoms with E-state index in [1.54, 1.807) is 37.7 Å². The molecule has 4 aromatic rings. The molecule has 8 heteroatoms. The minimum absolute atomic E-state index is 0.184. The van der Waals surface area contributed by atoms with Gasteiger partial charge < -0.3 is 19.5 Å². The molecular formula is C22H20ClN3O3S. The van der Waals surface area contributed by atoms with E-state index in [0.717, 1.165) is 31.9 Å². The molecule has 0 amide bonds. The van der Waals surface area contributed by atoms with Crippen LogP contribution in [0.25, 0.3) is 21.3 Å². The number of thiophene rings is 1. The average molecular weight is 442 g/mol. The Morgan fingerprint density at radius 1 is 1.00 bits per heavy atom. The SMILES string of the molecule is COc1ccc(-c2c(C)sc3nc(Cl)nc(N(C)c4ccc(O)cc4)c23)cc1OC. The smallest absolute Gasteiger partial charge is 0.225 e. The molecule has 4 rings (SSSR count). The number of aryl methyl sites for hydroxylation is 1. The van der Waals surface area contributed by atoms with Gasteiger partial charge >= 0.3 is 0 Å². The van der Waals surface area contributed by atoms with E-state index < -0.39 is 0 Å². The first kappa shape index (κ1) is 20.3. The average Bonchev–Trinajstić information content (AvgIpc) is 3.08. The van der Waals surface area contributed by atoms with Crippen LogP contribution in [0.1, 0.15) is 4.88 Å². The minimum atomic E-state index is 0.184. The minimum Gasteiger partial charge on any atom is -0.508 e. The Kier molecular flexibility index (Phi) is 5.40. The summed E-state index contributed by atoms with van der Waals surface area (Å²) in [5, 5.41) is 10.7. The molecule has 0 spiro atoms. The maximum absolute atomic E-state index is 9.63. The summed E-state index contributed by atoms with van der Waals surface area (Å²) in [4.78, 5) is 12.8. The molecule has 0 fully saturated rings. The van der Waals surface area contributed by atoms with Gasteiger partial charge in [0.05, 0.1) is 19.6 Å². The number of anilines is 2. The zero-order valence-corrected chi connectivity index (χ0v) is 18.5. The number of methoxy groups -OCH3 is 2. The Morgan fingerprint density at radius 2 is 1.70 bits per heavy atom. The molecular weight excluding hydrogens is 422 g/mol. The third-order valence-corrected chi connectivity index (χ3v) is 6.08. The van der Waals surface area contributed by atoms with Crippen LogP contribution in [-0.2, 0) is 0 Å². The Labute approximate surface area is 183 Å². The van der Waals surface area contributed by atoms with Gasteiger partial charge in [0.15, 0.2) is 11.5 Å². The van der Waals surface area contributed by atoms with Crippen LogP contribution >= 0.6 is 22.9 Å². The fourth-order valence-electron chi connectivity index (χ4n) is 3.45. The van der Waals surface area contributed by atoms with Crippen LogP contribution in [0.3, 0.4) is 0 Å². The second-order valence-corrected chi connectivity index (χ2v) is 8.22. The number of benzene rings is 2. The monoisotopic (exact) mass is 441 g/mol. The summed E-state index contributed by atoms with van der Waals surface area (Å²) in [5.74, 6) is 2.21. The molecule has 0 aliphatic heterocycles. The van der Waals surface area contributed by atoms with Crippen molar-refractivity contribution >= 4 is 44.7 Å². The summed E-state index contributed by atoms with van der Waals surface area (Å²) < 4.78 is 10.9. The number of aromatic nitrogens is 2. The third kappa shape index (κ3) is 3.51. The predicted molar refractivity (Wildman–Crippen MR) is 122 cm³/mol. The number of nitrogens with zero attached hydrogens (tertiary/aromatic N) is 3. The highest BCUT2D eigenvalue weighted by Gasteiger charge is 2.22. The molecule has 0 atom stereocenters. The van der Waals surface area contributed by atoms with Crippen molar-refractivity contribution in [3.8, 4) is 28.4 Å². The number of halogens is 1. The van der Waals surface area contributed by atoms with Gasteiger partial charge in [0.2, 0.25) is 5.28 Å². The number of phenolic OH excluding ortho intramolecular Hbond substituents is 1.